The molecule has 0 heterocycles. The Labute approximate surface area is 108 Å². The Balaban J connectivity index is 2.66. The van der Waals surface area contributed by atoms with Gasteiger partial charge in [0.2, 0.25) is 10.0 Å². The van der Waals surface area contributed by atoms with Gasteiger partial charge in [0.25, 0.3) is 0 Å². The normalized spacial score (nSPS) is 13.3. The topological polar surface area (TPSA) is 78.4 Å². The maximum absolute atomic E-state index is 11.5. The molecule has 3 N–H and O–H groups in total. The lowest BCUT2D eigenvalue weighted by atomic mass is 10.2. The van der Waals surface area contributed by atoms with Gasteiger partial charge in [0.1, 0.15) is 0 Å². The molecular formula is C12H20N2O3S. The summed E-state index contributed by atoms with van der Waals surface area (Å²) < 4.78 is 25.3. The van der Waals surface area contributed by atoms with Crippen molar-refractivity contribution < 1.29 is 13.5 Å². The fourth-order valence-electron chi connectivity index (χ4n) is 1.60. The van der Waals surface area contributed by atoms with Crippen molar-refractivity contribution in [2.45, 2.75) is 30.7 Å². The highest BCUT2D eigenvalue weighted by Crippen LogP contribution is 2.15. The number of benzene rings is 1. The quantitative estimate of drug-likeness (QED) is 0.696. The molecule has 1 aromatic rings. The fourth-order valence-corrected chi connectivity index (χ4v) is 2.33. The van der Waals surface area contributed by atoms with Crippen LogP contribution in [0.5, 0.6) is 0 Å². The SMILES string of the molecule is CNS(=O)(=O)c1ccc(NC(C)CCCO)cc1. The van der Waals surface area contributed by atoms with E-state index in [2.05, 4.69) is 10.0 Å². The number of hydrogen-bond acceptors (Lipinski definition) is 4. The van der Waals surface area contributed by atoms with Crippen LogP contribution in [0.2, 0.25) is 0 Å². The molecule has 0 aromatic heterocycles. The maximum Gasteiger partial charge on any atom is 0.240 e. The summed E-state index contributed by atoms with van der Waals surface area (Å²) in [5.74, 6) is 0. The van der Waals surface area contributed by atoms with E-state index in [4.69, 9.17) is 5.11 Å². The Bertz CT molecular complexity index is 457. The van der Waals surface area contributed by atoms with Crippen molar-refractivity contribution in [1.82, 2.24) is 4.72 Å². The molecule has 1 atom stereocenters. The Morgan fingerprint density at radius 3 is 2.39 bits per heavy atom. The summed E-state index contributed by atoms with van der Waals surface area (Å²) in [7, 11) is -1.98. The van der Waals surface area contributed by atoms with E-state index in [1.807, 2.05) is 6.92 Å². The van der Waals surface area contributed by atoms with Gasteiger partial charge in [-0.15, -0.1) is 0 Å². The van der Waals surface area contributed by atoms with Crippen molar-refractivity contribution in [3.8, 4) is 0 Å². The van der Waals surface area contributed by atoms with Crippen LogP contribution in [0.3, 0.4) is 0 Å². The summed E-state index contributed by atoms with van der Waals surface area (Å²) in [6.45, 7) is 2.21. The van der Waals surface area contributed by atoms with Crippen LogP contribution in [-0.2, 0) is 10.0 Å². The van der Waals surface area contributed by atoms with Crippen molar-refractivity contribution in [3.05, 3.63) is 24.3 Å². The van der Waals surface area contributed by atoms with Gasteiger partial charge in [-0.3, -0.25) is 0 Å². The largest absolute Gasteiger partial charge is 0.396 e. The minimum absolute atomic E-state index is 0.186. The number of rotatable bonds is 7. The van der Waals surface area contributed by atoms with Crippen LogP contribution >= 0.6 is 0 Å². The fraction of sp³-hybridized carbons (Fsp3) is 0.500. The number of aliphatic hydroxyl groups is 1. The Hall–Kier alpha value is -1.11. The van der Waals surface area contributed by atoms with E-state index in [0.717, 1.165) is 18.5 Å². The zero-order valence-electron chi connectivity index (χ0n) is 10.7. The van der Waals surface area contributed by atoms with Crippen LogP contribution in [0.25, 0.3) is 0 Å². The van der Waals surface area contributed by atoms with Crippen molar-refractivity contribution in [2.75, 3.05) is 19.0 Å². The third kappa shape index (κ3) is 4.29. The molecule has 5 nitrogen and oxygen atoms in total. The van der Waals surface area contributed by atoms with Crippen molar-refractivity contribution in [3.63, 3.8) is 0 Å². The number of aliphatic hydroxyl groups excluding tert-OH is 1. The van der Waals surface area contributed by atoms with Gasteiger partial charge in [0, 0.05) is 18.3 Å². The molecule has 0 aliphatic heterocycles. The smallest absolute Gasteiger partial charge is 0.240 e. The monoisotopic (exact) mass is 272 g/mol. The number of sulfonamides is 1. The minimum Gasteiger partial charge on any atom is -0.396 e. The molecule has 0 saturated heterocycles. The summed E-state index contributed by atoms with van der Waals surface area (Å²) in [5.41, 5.74) is 0.871. The molecule has 0 saturated carbocycles. The standard InChI is InChI=1S/C12H20N2O3S/c1-10(4-3-9-15)14-11-5-7-12(8-6-11)18(16,17)13-2/h5-8,10,13-15H,3-4,9H2,1-2H3. The highest BCUT2D eigenvalue weighted by molar-refractivity contribution is 7.89. The first-order valence-electron chi connectivity index (χ1n) is 5.90. The maximum atomic E-state index is 11.5. The third-order valence-electron chi connectivity index (χ3n) is 2.64. The Kier molecular flexibility index (Phi) is 5.58. The van der Waals surface area contributed by atoms with E-state index in [-0.39, 0.29) is 17.5 Å². The number of nitrogens with one attached hydrogen (secondary N) is 2. The van der Waals surface area contributed by atoms with Gasteiger partial charge in [0.05, 0.1) is 4.90 Å². The van der Waals surface area contributed by atoms with Gasteiger partial charge in [0.15, 0.2) is 0 Å². The van der Waals surface area contributed by atoms with Gasteiger partial charge in [-0.1, -0.05) is 0 Å². The van der Waals surface area contributed by atoms with Crippen molar-refractivity contribution in [2.24, 2.45) is 0 Å². The molecular weight excluding hydrogens is 252 g/mol. The van der Waals surface area contributed by atoms with Crippen molar-refractivity contribution >= 4 is 15.7 Å². The van der Waals surface area contributed by atoms with Gasteiger partial charge in [-0.05, 0) is 51.1 Å². The predicted octanol–water partition coefficient (Wildman–Crippen LogP) is 1.17. The number of anilines is 1. The Morgan fingerprint density at radius 1 is 1.28 bits per heavy atom. The molecule has 0 fully saturated rings. The summed E-state index contributed by atoms with van der Waals surface area (Å²) >= 11 is 0. The van der Waals surface area contributed by atoms with E-state index in [1.165, 1.54) is 7.05 Å². The van der Waals surface area contributed by atoms with E-state index < -0.39 is 10.0 Å². The first-order valence-corrected chi connectivity index (χ1v) is 7.39. The minimum atomic E-state index is -3.37. The lowest BCUT2D eigenvalue weighted by Crippen LogP contribution is -2.19. The molecule has 0 radical (unpaired) electrons. The van der Waals surface area contributed by atoms with Crippen molar-refractivity contribution in [1.29, 1.82) is 0 Å². The summed E-state index contributed by atoms with van der Waals surface area (Å²) in [6.07, 6.45) is 1.62. The van der Waals surface area contributed by atoms with Crippen LogP contribution in [-0.4, -0.2) is 33.2 Å². The highest BCUT2D eigenvalue weighted by atomic mass is 32.2. The van der Waals surface area contributed by atoms with Gasteiger partial charge in [-0.2, -0.15) is 0 Å². The zero-order valence-corrected chi connectivity index (χ0v) is 11.5. The van der Waals surface area contributed by atoms with Gasteiger partial charge < -0.3 is 10.4 Å². The molecule has 1 unspecified atom stereocenters. The molecule has 1 aromatic carbocycles. The lowest BCUT2D eigenvalue weighted by Gasteiger charge is -2.14. The van der Waals surface area contributed by atoms with E-state index >= 15 is 0 Å². The van der Waals surface area contributed by atoms with Gasteiger partial charge in [-0.25, -0.2) is 13.1 Å². The first kappa shape index (κ1) is 14.9. The average molecular weight is 272 g/mol. The molecule has 18 heavy (non-hydrogen) atoms. The predicted molar refractivity (Wildman–Crippen MR) is 72.1 cm³/mol. The molecule has 0 amide bonds. The Morgan fingerprint density at radius 2 is 1.89 bits per heavy atom. The second-order valence-corrected chi connectivity index (χ2v) is 6.03. The number of hydrogen-bond donors (Lipinski definition) is 3. The second-order valence-electron chi connectivity index (χ2n) is 4.14. The van der Waals surface area contributed by atoms with E-state index in [0.29, 0.717) is 0 Å². The first-order chi connectivity index (χ1) is 8.49. The second kappa shape index (κ2) is 6.72. The molecule has 1 rings (SSSR count). The van der Waals surface area contributed by atoms with E-state index in [1.54, 1.807) is 24.3 Å². The molecule has 0 bridgehead atoms. The van der Waals surface area contributed by atoms with Crippen LogP contribution < -0.4 is 10.0 Å². The highest BCUT2D eigenvalue weighted by Gasteiger charge is 2.10. The van der Waals surface area contributed by atoms with Crippen LogP contribution in [0, 0.1) is 0 Å². The summed E-state index contributed by atoms with van der Waals surface area (Å²) in [5, 5.41) is 12.0. The zero-order chi connectivity index (χ0) is 13.6. The average Bonchev–Trinajstić information content (AvgIpc) is 2.37. The molecule has 6 heteroatoms. The van der Waals surface area contributed by atoms with Gasteiger partial charge >= 0.3 is 0 Å². The molecule has 0 spiro atoms. The molecule has 102 valence electrons. The molecule has 0 aliphatic carbocycles. The summed E-state index contributed by atoms with van der Waals surface area (Å²) in [4.78, 5) is 0.249. The summed E-state index contributed by atoms with van der Waals surface area (Å²) in [6, 6.07) is 6.84. The molecule has 0 aliphatic rings. The third-order valence-corrected chi connectivity index (χ3v) is 4.07. The van der Waals surface area contributed by atoms with Crippen LogP contribution in [0.4, 0.5) is 5.69 Å². The van der Waals surface area contributed by atoms with Crippen LogP contribution in [0.15, 0.2) is 29.2 Å². The van der Waals surface area contributed by atoms with Crippen LogP contribution in [0.1, 0.15) is 19.8 Å². The lowest BCUT2D eigenvalue weighted by molar-refractivity contribution is 0.282. The van der Waals surface area contributed by atoms with E-state index in [9.17, 15) is 8.42 Å².